The second-order valence-electron chi connectivity index (χ2n) is 5.95. The number of benzene rings is 1. The van der Waals surface area contributed by atoms with Gasteiger partial charge < -0.3 is 16.0 Å². The molecule has 0 aliphatic heterocycles. The Kier molecular flexibility index (Phi) is 5.16. The first-order valence-electron chi connectivity index (χ1n) is 8.19. The van der Waals surface area contributed by atoms with Crippen molar-refractivity contribution in [2.75, 3.05) is 5.73 Å². The van der Waals surface area contributed by atoms with Gasteiger partial charge in [-0.3, -0.25) is 10.2 Å². The molecule has 0 aliphatic carbocycles. The monoisotopic (exact) mass is 387 g/mol. The van der Waals surface area contributed by atoms with Crippen molar-refractivity contribution in [3.8, 4) is 0 Å². The van der Waals surface area contributed by atoms with Gasteiger partial charge >= 0.3 is 6.18 Å². The van der Waals surface area contributed by atoms with Gasteiger partial charge in [-0.15, -0.1) is 0 Å². The highest BCUT2D eigenvalue weighted by molar-refractivity contribution is 6.13. The highest BCUT2D eigenvalue weighted by atomic mass is 19.4. The summed E-state index contributed by atoms with van der Waals surface area (Å²) in [5.74, 6) is -0.386. The lowest BCUT2D eigenvalue weighted by Crippen LogP contribution is -2.24. The first-order valence-corrected chi connectivity index (χ1v) is 8.19. The lowest BCUT2D eigenvalue weighted by Gasteiger charge is -2.13. The van der Waals surface area contributed by atoms with E-state index >= 15 is 0 Å². The number of nitrogen functional groups attached to an aromatic ring is 1. The maximum Gasteiger partial charge on any atom is 0.416 e. The van der Waals surface area contributed by atoms with Crippen LogP contribution in [0, 0.1) is 5.41 Å². The minimum atomic E-state index is -4.50. The van der Waals surface area contributed by atoms with Crippen molar-refractivity contribution in [2.45, 2.75) is 12.7 Å². The predicted octanol–water partition coefficient (Wildman–Crippen LogP) is 3.36. The van der Waals surface area contributed by atoms with Crippen LogP contribution in [0.5, 0.6) is 0 Å². The number of nitrogens with one attached hydrogen (secondary N) is 3. The van der Waals surface area contributed by atoms with Crippen LogP contribution in [0.1, 0.15) is 32.7 Å². The molecule has 0 saturated heterocycles. The molecule has 3 aromatic rings. The van der Waals surface area contributed by atoms with Crippen LogP contribution in [-0.2, 0) is 12.7 Å². The number of amides is 1. The maximum absolute atomic E-state index is 13.0. The number of pyridine rings is 1. The fraction of sp³-hybridized carbons (Fsp3) is 0.105. The van der Waals surface area contributed by atoms with E-state index in [1.54, 1.807) is 12.1 Å². The molecular formula is C19H16F3N5O. The fourth-order valence-corrected chi connectivity index (χ4v) is 2.67. The normalized spacial score (nSPS) is 11.2. The van der Waals surface area contributed by atoms with Crippen LogP contribution in [0.25, 0.3) is 0 Å². The van der Waals surface area contributed by atoms with Gasteiger partial charge in [0.2, 0.25) is 0 Å². The Hall–Kier alpha value is -3.62. The number of hydrogen-bond acceptors (Lipinski definition) is 4. The summed E-state index contributed by atoms with van der Waals surface area (Å²) < 4.78 is 39.1. The number of nitrogens with zero attached hydrogens (tertiary/aromatic N) is 1. The van der Waals surface area contributed by atoms with Gasteiger partial charge in [0.25, 0.3) is 5.91 Å². The van der Waals surface area contributed by atoms with Crippen LogP contribution in [0.2, 0.25) is 0 Å². The molecule has 5 N–H and O–H groups in total. The molecule has 0 aliphatic rings. The Labute approximate surface area is 158 Å². The molecule has 144 valence electrons. The second kappa shape index (κ2) is 7.55. The zero-order chi connectivity index (χ0) is 20.3. The van der Waals surface area contributed by atoms with E-state index in [0.29, 0.717) is 11.3 Å². The number of nitrogens with two attached hydrogens (primary N) is 1. The molecule has 0 spiro atoms. The molecule has 0 fully saturated rings. The third-order valence-corrected chi connectivity index (χ3v) is 4.08. The van der Waals surface area contributed by atoms with Gasteiger partial charge in [0.15, 0.2) is 0 Å². The largest absolute Gasteiger partial charge is 0.416 e. The molecule has 0 unspecified atom stereocenters. The third kappa shape index (κ3) is 4.03. The average molecular weight is 387 g/mol. The van der Waals surface area contributed by atoms with Crippen molar-refractivity contribution in [2.24, 2.45) is 0 Å². The number of anilines is 1. The molecular weight excluding hydrogens is 371 g/mol. The van der Waals surface area contributed by atoms with Crippen molar-refractivity contribution in [1.29, 1.82) is 5.41 Å². The van der Waals surface area contributed by atoms with Crippen LogP contribution in [0.15, 0.2) is 54.9 Å². The fourth-order valence-electron chi connectivity index (χ4n) is 2.67. The van der Waals surface area contributed by atoms with Gasteiger partial charge in [-0.1, -0.05) is 18.2 Å². The van der Waals surface area contributed by atoms with E-state index in [9.17, 15) is 18.0 Å². The summed E-state index contributed by atoms with van der Waals surface area (Å²) in [6.07, 6.45) is -1.62. The molecule has 1 amide bonds. The highest BCUT2D eigenvalue weighted by Gasteiger charge is 2.32. The number of carbonyl (C=O) groups excluding carboxylic acids is 1. The van der Waals surface area contributed by atoms with Crippen LogP contribution in [0.4, 0.5) is 19.0 Å². The van der Waals surface area contributed by atoms with Crippen LogP contribution >= 0.6 is 0 Å². The molecule has 3 rings (SSSR count). The summed E-state index contributed by atoms with van der Waals surface area (Å²) >= 11 is 0. The van der Waals surface area contributed by atoms with E-state index < -0.39 is 17.6 Å². The van der Waals surface area contributed by atoms with Gasteiger partial charge in [0.05, 0.1) is 22.5 Å². The summed E-state index contributed by atoms with van der Waals surface area (Å²) in [7, 11) is 0. The first kappa shape index (κ1) is 19.2. The Balaban J connectivity index is 1.72. The van der Waals surface area contributed by atoms with Crippen LogP contribution in [-0.4, -0.2) is 21.6 Å². The van der Waals surface area contributed by atoms with Gasteiger partial charge in [-0.25, -0.2) is 4.98 Å². The number of halogens is 3. The molecule has 0 radical (unpaired) electrons. The van der Waals surface area contributed by atoms with Crippen molar-refractivity contribution in [3.63, 3.8) is 0 Å². The quantitative estimate of drug-likeness (QED) is 0.504. The predicted molar refractivity (Wildman–Crippen MR) is 98.0 cm³/mol. The number of carbonyl (C=O) groups is 1. The molecule has 6 nitrogen and oxygen atoms in total. The second-order valence-corrected chi connectivity index (χ2v) is 5.95. The Morgan fingerprint density at radius 1 is 1.21 bits per heavy atom. The van der Waals surface area contributed by atoms with E-state index in [1.165, 1.54) is 36.7 Å². The van der Waals surface area contributed by atoms with E-state index in [0.717, 1.165) is 6.07 Å². The summed E-state index contributed by atoms with van der Waals surface area (Å²) in [5.41, 5.74) is 5.89. The molecule has 28 heavy (non-hydrogen) atoms. The highest BCUT2D eigenvalue weighted by Crippen LogP contribution is 2.31. The summed E-state index contributed by atoms with van der Waals surface area (Å²) in [6, 6.07) is 9.74. The zero-order valence-corrected chi connectivity index (χ0v) is 14.5. The number of aromatic nitrogens is 2. The van der Waals surface area contributed by atoms with Crippen LogP contribution in [0.3, 0.4) is 0 Å². The smallest absolute Gasteiger partial charge is 0.383 e. The van der Waals surface area contributed by atoms with Gasteiger partial charge in [0.1, 0.15) is 5.82 Å². The zero-order valence-electron chi connectivity index (χ0n) is 14.5. The number of rotatable bonds is 5. The maximum atomic E-state index is 13.0. The molecule has 0 saturated carbocycles. The van der Waals surface area contributed by atoms with Crippen molar-refractivity contribution >= 4 is 17.4 Å². The van der Waals surface area contributed by atoms with Gasteiger partial charge in [0, 0.05) is 24.5 Å². The van der Waals surface area contributed by atoms with Crippen molar-refractivity contribution in [3.05, 3.63) is 82.8 Å². The van der Waals surface area contributed by atoms with E-state index in [-0.39, 0.29) is 29.2 Å². The van der Waals surface area contributed by atoms with Crippen molar-refractivity contribution in [1.82, 2.24) is 15.3 Å². The van der Waals surface area contributed by atoms with Crippen LogP contribution < -0.4 is 11.1 Å². The Bertz CT molecular complexity index is 1030. The van der Waals surface area contributed by atoms with Gasteiger partial charge in [-0.05, 0) is 29.8 Å². The number of aromatic amines is 1. The molecule has 2 aromatic heterocycles. The van der Waals surface area contributed by atoms with Gasteiger partial charge in [-0.2, -0.15) is 13.2 Å². The summed E-state index contributed by atoms with van der Waals surface area (Å²) in [4.78, 5) is 19.0. The molecule has 1 aromatic carbocycles. The number of alkyl halides is 3. The molecule has 0 bridgehead atoms. The molecule has 9 heteroatoms. The third-order valence-electron chi connectivity index (χ3n) is 4.08. The van der Waals surface area contributed by atoms with Crippen molar-refractivity contribution < 1.29 is 18.0 Å². The minimum absolute atomic E-state index is 0.0324. The lowest BCUT2D eigenvalue weighted by molar-refractivity contribution is -0.138. The SMILES string of the molecule is N=C(c1cc(C(=O)NCc2ccccc2C(F)(F)F)c[nH]1)c1cccnc1N. The van der Waals surface area contributed by atoms with E-state index in [2.05, 4.69) is 15.3 Å². The first-order chi connectivity index (χ1) is 13.3. The Morgan fingerprint density at radius 2 is 1.96 bits per heavy atom. The standard InChI is InChI=1S/C19H16F3N5O/c20-19(21,22)14-6-2-1-4-11(14)9-27-18(28)12-8-15(26-10-12)16(23)13-5-3-7-25-17(13)24/h1-8,10,23,26H,9H2,(H2,24,25)(H,27,28). The molecule has 0 atom stereocenters. The minimum Gasteiger partial charge on any atom is -0.383 e. The van der Waals surface area contributed by atoms with E-state index in [1.807, 2.05) is 0 Å². The number of hydrogen-bond donors (Lipinski definition) is 4. The lowest BCUT2D eigenvalue weighted by atomic mass is 10.1. The Morgan fingerprint density at radius 3 is 2.68 bits per heavy atom. The average Bonchev–Trinajstić information content (AvgIpc) is 3.16. The summed E-state index contributed by atoms with van der Waals surface area (Å²) in [6.45, 7) is -0.276. The summed E-state index contributed by atoms with van der Waals surface area (Å²) in [5, 5.41) is 10.7. The van der Waals surface area contributed by atoms with E-state index in [4.69, 9.17) is 11.1 Å². The number of H-pyrrole nitrogens is 1. The topological polar surface area (TPSA) is 108 Å². The molecule has 2 heterocycles.